The standard InChI is InChI=1S/C28H39N3O4/c1-9-31(26(33)23(18(2)3)30-27(34)35-28(6,7)8)24(21-15-12-13-19(4)17-21)25(32)29-22-16-11-10-14-20(22)5/h10-18,23-24H,9H2,1-8H3,(H,29,32)(H,30,34). The van der Waals surface area contributed by atoms with Gasteiger partial charge in [-0.15, -0.1) is 0 Å². The molecule has 190 valence electrons. The Bertz CT molecular complexity index is 1040. The smallest absolute Gasteiger partial charge is 0.408 e. The predicted octanol–water partition coefficient (Wildman–Crippen LogP) is 5.38. The maximum Gasteiger partial charge on any atom is 0.408 e. The van der Waals surface area contributed by atoms with E-state index in [2.05, 4.69) is 10.6 Å². The maximum absolute atomic E-state index is 13.8. The lowest BCUT2D eigenvalue weighted by Crippen LogP contribution is -2.54. The van der Waals surface area contributed by atoms with Gasteiger partial charge >= 0.3 is 6.09 Å². The SMILES string of the molecule is CCN(C(=O)C(NC(=O)OC(C)(C)C)C(C)C)C(C(=O)Nc1ccccc1C)c1cccc(C)c1. The number of aryl methyl sites for hydroxylation is 2. The fourth-order valence-corrected chi connectivity index (χ4v) is 3.82. The molecule has 2 aromatic carbocycles. The Balaban J connectivity index is 2.44. The van der Waals surface area contributed by atoms with Crippen LogP contribution in [0, 0.1) is 19.8 Å². The van der Waals surface area contributed by atoms with Crippen LogP contribution in [0.4, 0.5) is 10.5 Å². The topological polar surface area (TPSA) is 87.7 Å². The molecule has 2 atom stereocenters. The number of hydrogen-bond donors (Lipinski definition) is 2. The van der Waals surface area contributed by atoms with E-state index in [4.69, 9.17) is 4.74 Å². The Morgan fingerprint density at radius 1 is 1.00 bits per heavy atom. The molecule has 0 fully saturated rings. The summed E-state index contributed by atoms with van der Waals surface area (Å²) < 4.78 is 5.38. The van der Waals surface area contributed by atoms with Gasteiger partial charge in [-0.1, -0.05) is 61.9 Å². The first-order chi connectivity index (χ1) is 16.3. The lowest BCUT2D eigenvalue weighted by molar-refractivity contribution is -0.141. The van der Waals surface area contributed by atoms with Crippen molar-refractivity contribution in [2.24, 2.45) is 5.92 Å². The monoisotopic (exact) mass is 481 g/mol. The summed E-state index contributed by atoms with van der Waals surface area (Å²) in [7, 11) is 0. The fraction of sp³-hybridized carbons (Fsp3) is 0.464. The molecule has 0 aliphatic rings. The first-order valence-corrected chi connectivity index (χ1v) is 12.1. The number of benzene rings is 2. The predicted molar refractivity (Wildman–Crippen MR) is 139 cm³/mol. The minimum Gasteiger partial charge on any atom is -0.444 e. The molecule has 2 rings (SSSR count). The molecule has 0 saturated heterocycles. The summed E-state index contributed by atoms with van der Waals surface area (Å²) in [5.41, 5.74) is 2.59. The van der Waals surface area contributed by atoms with Gasteiger partial charge in [-0.3, -0.25) is 9.59 Å². The first kappa shape index (κ1) is 27.9. The quantitative estimate of drug-likeness (QED) is 0.530. The molecule has 2 aromatic rings. The van der Waals surface area contributed by atoms with E-state index in [0.29, 0.717) is 11.3 Å². The van der Waals surface area contributed by atoms with Gasteiger partial charge in [0.1, 0.15) is 17.7 Å². The molecule has 7 nitrogen and oxygen atoms in total. The van der Waals surface area contributed by atoms with E-state index in [9.17, 15) is 14.4 Å². The second-order valence-electron chi connectivity index (χ2n) is 10.1. The second-order valence-corrected chi connectivity index (χ2v) is 10.1. The number of hydrogen-bond acceptors (Lipinski definition) is 4. The summed E-state index contributed by atoms with van der Waals surface area (Å²) in [6, 6.07) is 13.3. The first-order valence-electron chi connectivity index (χ1n) is 12.1. The van der Waals surface area contributed by atoms with Crippen LogP contribution in [0.2, 0.25) is 0 Å². The van der Waals surface area contributed by atoms with E-state index in [1.807, 2.05) is 83.1 Å². The van der Waals surface area contributed by atoms with E-state index in [1.165, 1.54) is 4.90 Å². The highest BCUT2D eigenvalue weighted by Gasteiger charge is 2.37. The Hall–Kier alpha value is -3.35. The van der Waals surface area contributed by atoms with Gasteiger partial charge in [0.15, 0.2) is 0 Å². The van der Waals surface area contributed by atoms with Crippen molar-refractivity contribution >= 4 is 23.6 Å². The van der Waals surface area contributed by atoms with Crippen LogP contribution in [0.1, 0.15) is 64.3 Å². The Kier molecular flexibility index (Phi) is 9.46. The van der Waals surface area contributed by atoms with Crippen LogP contribution >= 0.6 is 0 Å². The van der Waals surface area contributed by atoms with Crippen LogP contribution in [0.3, 0.4) is 0 Å². The third-order valence-electron chi connectivity index (χ3n) is 5.55. The number of rotatable bonds is 8. The highest BCUT2D eigenvalue weighted by atomic mass is 16.6. The van der Waals surface area contributed by atoms with E-state index in [0.717, 1.165) is 11.1 Å². The van der Waals surface area contributed by atoms with Crippen molar-refractivity contribution in [1.82, 2.24) is 10.2 Å². The van der Waals surface area contributed by atoms with Crippen molar-refractivity contribution < 1.29 is 19.1 Å². The van der Waals surface area contributed by atoms with E-state index in [-0.39, 0.29) is 24.3 Å². The number of carbonyl (C=O) groups is 3. The minimum atomic E-state index is -0.881. The highest BCUT2D eigenvalue weighted by molar-refractivity contribution is 5.99. The number of carbonyl (C=O) groups excluding carboxylic acids is 3. The number of anilines is 1. The van der Waals surface area contributed by atoms with Gasteiger partial charge in [-0.05, 0) is 64.7 Å². The molecule has 3 amide bonds. The second kappa shape index (κ2) is 11.9. The summed E-state index contributed by atoms with van der Waals surface area (Å²) in [5, 5.41) is 5.71. The number of para-hydroxylation sites is 1. The molecule has 2 N–H and O–H groups in total. The molecule has 7 heteroatoms. The zero-order chi connectivity index (χ0) is 26.3. The lowest BCUT2D eigenvalue weighted by Gasteiger charge is -2.35. The maximum atomic E-state index is 13.8. The van der Waals surface area contributed by atoms with Gasteiger partial charge in [0.2, 0.25) is 5.91 Å². The largest absolute Gasteiger partial charge is 0.444 e. The highest BCUT2D eigenvalue weighted by Crippen LogP contribution is 2.26. The van der Waals surface area contributed by atoms with Gasteiger partial charge in [0.25, 0.3) is 5.91 Å². The molecule has 0 radical (unpaired) electrons. The molecule has 0 heterocycles. The molecule has 0 aliphatic carbocycles. The molecule has 0 aliphatic heterocycles. The van der Waals surface area contributed by atoms with Crippen LogP contribution < -0.4 is 10.6 Å². The summed E-state index contributed by atoms with van der Waals surface area (Å²) in [6.07, 6.45) is -0.669. The number of likely N-dealkylation sites (N-methyl/N-ethyl adjacent to an activating group) is 1. The molecule has 35 heavy (non-hydrogen) atoms. The average Bonchev–Trinajstić information content (AvgIpc) is 2.75. The summed E-state index contributed by atoms with van der Waals surface area (Å²) in [5.74, 6) is -0.888. The van der Waals surface area contributed by atoms with Gasteiger partial charge in [-0.2, -0.15) is 0 Å². The fourth-order valence-electron chi connectivity index (χ4n) is 3.82. The molecule has 0 spiro atoms. The van der Waals surface area contributed by atoms with Gasteiger partial charge in [-0.25, -0.2) is 4.79 Å². The molecular formula is C28H39N3O4. The van der Waals surface area contributed by atoms with Crippen LogP contribution in [0.25, 0.3) is 0 Å². The van der Waals surface area contributed by atoms with Crippen molar-refractivity contribution in [1.29, 1.82) is 0 Å². The number of alkyl carbamates (subject to hydrolysis) is 1. The third kappa shape index (κ3) is 7.84. The van der Waals surface area contributed by atoms with Crippen LogP contribution in [-0.4, -0.2) is 41.0 Å². The van der Waals surface area contributed by atoms with Crippen LogP contribution in [0.15, 0.2) is 48.5 Å². The molecule has 2 unspecified atom stereocenters. The van der Waals surface area contributed by atoms with Crippen molar-refractivity contribution in [3.63, 3.8) is 0 Å². The Labute approximate surface area is 209 Å². The number of ether oxygens (including phenoxy) is 1. The van der Waals surface area contributed by atoms with Gasteiger partial charge < -0.3 is 20.3 Å². The van der Waals surface area contributed by atoms with E-state index >= 15 is 0 Å². The summed E-state index contributed by atoms with van der Waals surface area (Å²) in [4.78, 5) is 41.5. The Morgan fingerprint density at radius 2 is 1.66 bits per heavy atom. The van der Waals surface area contributed by atoms with Gasteiger partial charge in [0, 0.05) is 12.2 Å². The summed E-state index contributed by atoms with van der Waals surface area (Å²) in [6.45, 7) is 15.0. The zero-order valence-corrected chi connectivity index (χ0v) is 22.1. The number of nitrogens with zero attached hydrogens (tertiary/aromatic N) is 1. The molecular weight excluding hydrogens is 442 g/mol. The molecule has 0 aromatic heterocycles. The van der Waals surface area contributed by atoms with Crippen molar-refractivity contribution in [2.75, 3.05) is 11.9 Å². The van der Waals surface area contributed by atoms with Crippen LogP contribution in [0.5, 0.6) is 0 Å². The van der Waals surface area contributed by atoms with E-state index in [1.54, 1.807) is 20.8 Å². The molecule has 0 saturated carbocycles. The minimum absolute atomic E-state index is 0.221. The normalized spacial score (nSPS) is 13.1. The van der Waals surface area contributed by atoms with Crippen LogP contribution in [-0.2, 0) is 14.3 Å². The van der Waals surface area contributed by atoms with E-state index < -0.39 is 23.8 Å². The lowest BCUT2D eigenvalue weighted by atomic mass is 9.98. The van der Waals surface area contributed by atoms with Crippen molar-refractivity contribution in [3.05, 3.63) is 65.2 Å². The number of amides is 3. The number of nitrogens with one attached hydrogen (secondary N) is 2. The molecule has 0 bridgehead atoms. The Morgan fingerprint density at radius 3 is 2.20 bits per heavy atom. The third-order valence-corrected chi connectivity index (χ3v) is 5.55. The van der Waals surface area contributed by atoms with Crippen molar-refractivity contribution in [2.45, 2.75) is 73.1 Å². The van der Waals surface area contributed by atoms with Gasteiger partial charge in [0.05, 0.1) is 0 Å². The average molecular weight is 482 g/mol. The summed E-state index contributed by atoms with van der Waals surface area (Å²) >= 11 is 0. The van der Waals surface area contributed by atoms with Crippen molar-refractivity contribution in [3.8, 4) is 0 Å². The zero-order valence-electron chi connectivity index (χ0n) is 22.1.